The van der Waals surface area contributed by atoms with Crippen LogP contribution >= 0.6 is 0 Å². The molecule has 0 radical (unpaired) electrons. The van der Waals surface area contributed by atoms with E-state index in [-0.39, 0.29) is 11.8 Å². The molecular formula is C26H24N4O3. The van der Waals surface area contributed by atoms with E-state index < -0.39 is 5.97 Å². The van der Waals surface area contributed by atoms with Crippen molar-refractivity contribution in [1.29, 1.82) is 0 Å². The summed E-state index contributed by atoms with van der Waals surface area (Å²) in [6.45, 7) is 1.48. The summed E-state index contributed by atoms with van der Waals surface area (Å²) in [5, 5.41) is 3.02. The van der Waals surface area contributed by atoms with Crippen LogP contribution in [-0.2, 0) is 9.53 Å². The topological polar surface area (TPSA) is 84.4 Å². The average Bonchev–Trinajstić information content (AvgIpc) is 2.88. The summed E-state index contributed by atoms with van der Waals surface area (Å²) in [6.07, 6.45) is 6.79. The second kappa shape index (κ2) is 10.4. The van der Waals surface area contributed by atoms with Gasteiger partial charge in [-0.1, -0.05) is 24.0 Å². The Morgan fingerprint density at radius 2 is 1.88 bits per heavy atom. The molecule has 7 nitrogen and oxygen atoms in total. The van der Waals surface area contributed by atoms with Crippen molar-refractivity contribution in [3.8, 4) is 11.8 Å². The van der Waals surface area contributed by atoms with Crippen molar-refractivity contribution in [1.82, 2.24) is 9.97 Å². The maximum absolute atomic E-state index is 12.9. The Morgan fingerprint density at radius 3 is 2.64 bits per heavy atom. The van der Waals surface area contributed by atoms with Gasteiger partial charge in [-0.15, -0.1) is 0 Å². The predicted molar refractivity (Wildman–Crippen MR) is 126 cm³/mol. The molecule has 1 N–H and O–H groups in total. The van der Waals surface area contributed by atoms with E-state index in [1.165, 1.54) is 7.11 Å². The first kappa shape index (κ1) is 22.0. The van der Waals surface area contributed by atoms with E-state index >= 15 is 0 Å². The van der Waals surface area contributed by atoms with Crippen LogP contribution in [0.2, 0.25) is 0 Å². The normalized spacial score (nSPS) is 15.2. The quantitative estimate of drug-likeness (QED) is 0.494. The Hall–Kier alpha value is -4.18. The minimum atomic E-state index is -0.399. The maximum Gasteiger partial charge on any atom is 0.337 e. The number of piperidine rings is 1. The summed E-state index contributed by atoms with van der Waals surface area (Å²) in [6, 6.07) is 14.4. The molecule has 166 valence electrons. The van der Waals surface area contributed by atoms with Gasteiger partial charge in [-0.3, -0.25) is 9.78 Å². The summed E-state index contributed by atoms with van der Waals surface area (Å²) in [5.74, 6) is 6.40. The Balaban J connectivity index is 1.42. The smallest absolute Gasteiger partial charge is 0.337 e. The molecule has 2 heterocycles. The van der Waals surface area contributed by atoms with E-state index in [9.17, 15) is 9.59 Å². The minimum absolute atomic E-state index is 0.0144. The lowest BCUT2D eigenvalue weighted by atomic mass is 9.97. The number of rotatable bonds is 4. The number of ether oxygens (including phenoxy) is 1. The van der Waals surface area contributed by atoms with Crippen molar-refractivity contribution in [2.75, 3.05) is 30.4 Å². The molecule has 1 amide bonds. The van der Waals surface area contributed by atoms with Gasteiger partial charge in [0.1, 0.15) is 5.82 Å². The van der Waals surface area contributed by atoms with Crippen LogP contribution in [0.15, 0.2) is 67.1 Å². The Kier molecular flexibility index (Phi) is 6.96. The van der Waals surface area contributed by atoms with Gasteiger partial charge < -0.3 is 15.0 Å². The fourth-order valence-electron chi connectivity index (χ4n) is 3.76. The van der Waals surface area contributed by atoms with Gasteiger partial charge in [0.05, 0.1) is 24.8 Å². The van der Waals surface area contributed by atoms with Crippen LogP contribution < -0.4 is 10.2 Å². The SMILES string of the molecule is COC(=O)c1cccc(C#Cc2cccc(NC(=O)C3CCCN(c4cnccn4)C3)c2)c1. The first-order valence-corrected chi connectivity index (χ1v) is 10.7. The van der Waals surface area contributed by atoms with Gasteiger partial charge in [-0.25, -0.2) is 9.78 Å². The molecule has 1 aromatic heterocycles. The number of amides is 1. The summed E-state index contributed by atoms with van der Waals surface area (Å²) in [7, 11) is 1.35. The van der Waals surface area contributed by atoms with Crippen molar-refractivity contribution in [2.45, 2.75) is 12.8 Å². The molecule has 1 fully saturated rings. The molecule has 2 aromatic carbocycles. The van der Waals surface area contributed by atoms with Gasteiger partial charge in [0, 0.05) is 42.3 Å². The van der Waals surface area contributed by atoms with Crippen LogP contribution in [0.3, 0.4) is 0 Å². The van der Waals surface area contributed by atoms with Gasteiger partial charge in [0.25, 0.3) is 0 Å². The third kappa shape index (κ3) is 5.74. The second-order valence-corrected chi connectivity index (χ2v) is 7.74. The lowest BCUT2D eigenvalue weighted by molar-refractivity contribution is -0.120. The van der Waals surface area contributed by atoms with E-state index in [0.717, 1.165) is 30.8 Å². The zero-order valence-electron chi connectivity index (χ0n) is 18.3. The lowest BCUT2D eigenvalue weighted by Crippen LogP contribution is -2.41. The highest BCUT2D eigenvalue weighted by molar-refractivity contribution is 5.93. The monoisotopic (exact) mass is 440 g/mol. The standard InChI is InChI=1S/C26H24N4O3/c1-33-26(32)21-7-2-5-19(15-21)10-11-20-6-3-9-23(16-20)29-25(31)22-8-4-14-30(18-22)24-17-27-12-13-28-24/h2-3,5-7,9,12-13,15-17,22H,4,8,14,18H2,1H3,(H,29,31). The number of esters is 1. The van der Waals surface area contributed by atoms with Crippen LogP contribution in [0, 0.1) is 17.8 Å². The highest BCUT2D eigenvalue weighted by atomic mass is 16.5. The molecule has 1 aliphatic heterocycles. The third-order valence-electron chi connectivity index (χ3n) is 5.43. The van der Waals surface area contributed by atoms with Crippen LogP contribution in [0.1, 0.15) is 34.3 Å². The Morgan fingerprint density at radius 1 is 1.09 bits per heavy atom. The summed E-state index contributed by atoms with van der Waals surface area (Å²) >= 11 is 0. The molecule has 0 spiro atoms. The first-order valence-electron chi connectivity index (χ1n) is 10.7. The minimum Gasteiger partial charge on any atom is -0.465 e. The van der Waals surface area contributed by atoms with E-state index in [2.05, 4.69) is 32.0 Å². The number of anilines is 2. The zero-order chi connectivity index (χ0) is 23.0. The van der Waals surface area contributed by atoms with Crippen molar-refractivity contribution >= 4 is 23.4 Å². The maximum atomic E-state index is 12.9. The highest BCUT2D eigenvalue weighted by Gasteiger charge is 2.26. The molecular weight excluding hydrogens is 416 g/mol. The zero-order valence-corrected chi connectivity index (χ0v) is 18.3. The molecule has 0 bridgehead atoms. The summed E-state index contributed by atoms with van der Waals surface area (Å²) in [4.78, 5) is 35.2. The molecule has 0 aliphatic carbocycles. The largest absolute Gasteiger partial charge is 0.465 e. The number of aromatic nitrogens is 2. The van der Waals surface area contributed by atoms with Gasteiger partial charge >= 0.3 is 5.97 Å². The van der Waals surface area contributed by atoms with Gasteiger partial charge in [-0.2, -0.15) is 0 Å². The molecule has 1 unspecified atom stereocenters. The van der Waals surface area contributed by atoms with E-state index in [1.54, 1.807) is 36.8 Å². The number of benzene rings is 2. The number of nitrogens with zero attached hydrogens (tertiary/aromatic N) is 3. The van der Waals surface area contributed by atoms with Crippen LogP contribution in [0.5, 0.6) is 0 Å². The molecule has 7 heteroatoms. The molecule has 1 aliphatic rings. The van der Waals surface area contributed by atoms with Crippen LogP contribution in [-0.4, -0.2) is 42.0 Å². The van der Waals surface area contributed by atoms with Crippen LogP contribution in [0.25, 0.3) is 0 Å². The molecule has 1 atom stereocenters. The van der Waals surface area contributed by atoms with E-state index in [0.29, 0.717) is 23.4 Å². The number of methoxy groups -OCH3 is 1. The fourth-order valence-corrected chi connectivity index (χ4v) is 3.76. The van der Waals surface area contributed by atoms with E-state index in [1.807, 2.05) is 30.3 Å². The van der Waals surface area contributed by atoms with Gasteiger partial charge in [0.2, 0.25) is 5.91 Å². The van der Waals surface area contributed by atoms with E-state index in [4.69, 9.17) is 4.74 Å². The van der Waals surface area contributed by atoms with Crippen molar-refractivity contribution in [2.24, 2.45) is 5.92 Å². The van der Waals surface area contributed by atoms with Gasteiger partial charge in [-0.05, 0) is 49.2 Å². The van der Waals surface area contributed by atoms with Gasteiger partial charge in [0.15, 0.2) is 0 Å². The highest BCUT2D eigenvalue weighted by Crippen LogP contribution is 2.22. The Labute approximate surface area is 192 Å². The molecule has 1 saturated heterocycles. The lowest BCUT2D eigenvalue weighted by Gasteiger charge is -2.32. The third-order valence-corrected chi connectivity index (χ3v) is 5.43. The Bertz CT molecular complexity index is 1200. The number of hydrogen-bond donors (Lipinski definition) is 1. The number of carbonyl (C=O) groups is 2. The number of carbonyl (C=O) groups excluding carboxylic acids is 2. The fraction of sp³-hybridized carbons (Fsp3) is 0.231. The second-order valence-electron chi connectivity index (χ2n) is 7.74. The average molecular weight is 441 g/mol. The summed E-state index contributed by atoms with van der Waals surface area (Å²) < 4.78 is 4.75. The molecule has 4 rings (SSSR count). The molecule has 3 aromatic rings. The predicted octanol–water partition coefficient (Wildman–Crippen LogP) is 3.52. The van der Waals surface area contributed by atoms with Crippen molar-refractivity contribution in [3.05, 3.63) is 83.8 Å². The number of hydrogen-bond acceptors (Lipinski definition) is 6. The summed E-state index contributed by atoms with van der Waals surface area (Å²) in [5.41, 5.74) is 2.62. The van der Waals surface area contributed by atoms with Crippen molar-refractivity contribution in [3.63, 3.8) is 0 Å². The first-order chi connectivity index (χ1) is 16.1. The molecule has 33 heavy (non-hydrogen) atoms. The number of nitrogens with one attached hydrogen (secondary N) is 1. The van der Waals surface area contributed by atoms with Crippen molar-refractivity contribution < 1.29 is 14.3 Å². The van der Waals surface area contributed by atoms with Crippen LogP contribution in [0.4, 0.5) is 11.5 Å². The molecule has 0 saturated carbocycles.